The van der Waals surface area contributed by atoms with E-state index < -0.39 is 0 Å². The third-order valence-corrected chi connectivity index (χ3v) is 3.77. The Labute approximate surface area is 128 Å². The van der Waals surface area contributed by atoms with Gasteiger partial charge in [-0.3, -0.25) is 4.79 Å². The van der Waals surface area contributed by atoms with Gasteiger partial charge < -0.3 is 16.0 Å². The molecular formula is C17H29N3O. The molecule has 3 N–H and O–H groups in total. The van der Waals surface area contributed by atoms with E-state index in [-0.39, 0.29) is 11.9 Å². The van der Waals surface area contributed by atoms with Crippen LogP contribution >= 0.6 is 0 Å². The Morgan fingerprint density at radius 2 is 1.95 bits per heavy atom. The van der Waals surface area contributed by atoms with Crippen molar-refractivity contribution in [3.05, 3.63) is 29.8 Å². The average molecular weight is 291 g/mol. The number of carbonyl (C=O) groups excluding carboxylic acids is 1. The van der Waals surface area contributed by atoms with Gasteiger partial charge in [-0.25, -0.2) is 0 Å². The molecule has 1 aromatic rings. The Morgan fingerprint density at radius 3 is 2.52 bits per heavy atom. The summed E-state index contributed by atoms with van der Waals surface area (Å²) in [5, 5.41) is 3.10. The van der Waals surface area contributed by atoms with Gasteiger partial charge in [-0.15, -0.1) is 0 Å². The first kappa shape index (κ1) is 17.5. The number of benzene rings is 1. The monoisotopic (exact) mass is 291 g/mol. The summed E-state index contributed by atoms with van der Waals surface area (Å²) in [7, 11) is 0. The Morgan fingerprint density at radius 1 is 1.29 bits per heavy atom. The predicted octanol–water partition coefficient (Wildman–Crippen LogP) is 2.46. The predicted molar refractivity (Wildman–Crippen MR) is 89.6 cm³/mol. The molecule has 0 aromatic heterocycles. The maximum Gasteiger partial charge on any atom is 0.239 e. The van der Waals surface area contributed by atoms with Crippen molar-refractivity contribution in [1.29, 1.82) is 0 Å². The molecule has 0 saturated carbocycles. The van der Waals surface area contributed by atoms with Gasteiger partial charge in [-0.05, 0) is 44.4 Å². The number of anilines is 1. The first-order valence-electron chi connectivity index (χ1n) is 7.92. The van der Waals surface area contributed by atoms with Crippen LogP contribution in [-0.4, -0.2) is 31.6 Å². The number of carbonyl (C=O) groups is 1. The molecule has 0 heterocycles. The fourth-order valence-corrected chi connectivity index (χ4v) is 2.42. The average Bonchev–Trinajstić information content (AvgIpc) is 2.49. The molecular weight excluding hydrogens is 262 g/mol. The topological polar surface area (TPSA) is 58.4 Å². The number of amides is 1. The van der Waals surface area contributed by atoms with Crippen LogP contribution in [0.25, 0.3) is 0 Å². The van der Waals surface area contributed by atoms with E-state index in [0.717, 1.165) is 31.5 Å². The quantitative estimate of drug-likeness (QED) is 0.735. The minimum absolute atomic E-state index is 0.0870. The zero-order valence-electron chi connectivity index (χ0n) is 13.6. The van der Waals surface area contributed by atoms with Crippen molar-refractivity contribution >= 4 is 11.6 Å². The molecule has 1 rings (SSSR count). The number of hydrogen-bond donors (Lipinski definition) is 2. The summed E-state index contributed by atoms with van der Waals surface area (Å²) in [6.45, 7) is 8.10. The summed E-state index contributed by atoms with van der Waals surface area (Å²) in [6, 6.07) is 8.44. The van der Waals surface area contributed by atoms with E-state index in [2.05, 4.69) is 43.1 Å². The van der Waals surface area contributed by atoms with Crippen molar-refractivity contribution in [1.82, 2.24) is 5.32 Å². The highest BCUT2D eigenvalue weighted by Gasteiger charge is 2.15. The van der Waals surface area contributed by atoms with Crippen LogP contribution in [0.3, 0.4) is 0 Å². The van der Waals surface area contributed by atoms with Crippen molar-refractivity contribution in [3.63, 3.8) is 0 Å². The number of nitrogens with one attached hydrogen (secondary N) is 1. The Hall–Kier alpha value is -1.55. The van der Waals surface area contributed by atoms with Crippen LogP contribution in [-0.2, 0) is 4.79 Å². The Kier molecular flexibility index (Phi) is 7.83. The van der Waals surface area contributed by atoms with Gasteiger partial charge in [0, 0.05) is 18.3 Å². The van der Waals surface area contributed by atoms with E-state index in [1.807, 2.05) is 12.1 Å². The van der Waals surface area contributed by atoms with Gasteiger partial charge >= 0.3 is 0 Å². The lowest BCUT2D eigenvalue weighted by atomic mass is 10.1. The first-order chi connectivity index (χ1) is 10.1. The van der Waals surface area contributed by atoms with Crippen LogP contribution in [0.4, 0.5) is 5.69 Å². The second-order valence-corrected chi connectivity index (χ2v) is 5.43. The van der Waals surface area contributed by atoms with Crippen molar-refractivity contribution in [2.45, 2.75) is 46.1 Å². The standard InChI is InChI=1S/C17H29N3O/c1-4-15(5-2)19-17(21)13-20(12-8-11-18)16-10-7-6-9-14(16)3/h6-7,9-10,15H,4-5,8,11-13,18H2,1-3H3,(H,19,21). The number of nitrogens with two attached hydrogens (primary N) is 1. The first-order valence-corrected chi connectivity index (χ1v) is 7.92. The zero-order chi connectivity index (χ0) is 15.7. The molecule has 4 heteroatoms. The van der Waals surface area contributed by atoms with E-state index in [1.54, 1.807) is 0 Å². The van der Waals surface area contributed by atoms with Gasteiger partial charge in [0.25, 0.3) is 0 Å². The number of aryl methyl sites for hydroxylation is 1. The second kappa shape index (κ2) is 9.40. The van der Waals surface area contributed by atoms with Crippen molar-refractivity contribution in [2.75, 3.05) is 24.5 Å². The summed E-state index contributed by atoms with van der Waals surface area (Å²) in [5.74, 6) is 0.0870. The molecule has 0 atom stereocenters. The van der Waals surface area contributed by atoms with Crippen molar-refractivity contribution in [3.8, 4) is 0 Å². The maximum atomic E-state index is 12.2. The van der Waals surface area contributed by atoms with Crippen LogP contribution in [0.1, 0.15) is 38.7 Å². The number of rotatable bonds is 9. The lowest BCUT2D eigenvalue weighted by molar-refractivity contribution is -0.120. The second-order valence-electron chi connectivity index (χ2n) is 5.43. The largest absolute Gasteiger partial charge is 0.362 e. The molecule has 0 radical (unpaired) electrons. The number of nitrogens with zero attached hydrogens (tertiary/aromatic N) is 1. The number of hydrogen-bond acceptors (Lipinski definition) is 3. The summed E-state index contributed by atoms with van der Waals surface area (Å²) >= 11 is 0. The molecule has 1 aromatic carbocycles. The zero-order valence-corrected chi connectivity index (χ0v) is 13.6. The third kappa shape index (κ3) is 5.76. The summed E-state index contributed by atoms with van der Waals surface area (Å²) in [6.07, 6.45) is 2.82. The molecule has 0 aliphatic rings. The van der Waals surface area contributed by atoms with E-state index >= 15 is 0 Å². The van der Waals surface area contributed by atoms with Gasteiger partial charge in [-0.1, -0.05) is 32.0 Å². The Bertz CT molecular complexity index is 430. The molecule has 0 aliphatic heterocycles. The van der Waals surface area contributed by atoms with Gasteiger partial charge in [0.2, 0.25) is 5.91 Å². The van der Waals surface area contributed by atoms with Gasteiger partial charge in [0.05, 0.1) is 6.54 Å². The summed E-state index contributed by atoms with van der Waals surface area (Å²) in [4.78, 5) is 14.4. The lowest BCUT2D eigenvalue weighted by Gasteiger charge is -2.27. The van der Waals surface area contributed by atoms with Gasteiger partial charge in [0.15, 0.2) is 0 Å². The van der Waals surface area contributed by atoms with Crippen LogP contribution < -0.4 is 16.0 Å². The van der Waals surface area contributed by atoms with E-state index in [1.165, 1.54) is 5.56 Å². The molecule has 118 valence electrons. The highest BCUT2D eigenvalue weighted by atomic mass is 16.2. The molecule has 0 unspecified atom stereocenters. The van der Waals surface area contributed by atoms with Gasteiger partial charge in [0.1, 0.15) is 0 Å². The summed E-state index contributed by atoms with van der Waals surface area (Å²) in [5.41, 5.74) is 7.92. The lowest BCUT2D eigenvalue weighted by Crippen LogP contribution is -2.42. The van der Waals surface area contributed by atoms with Crippen LogP contribution in [0.5, 0.6) is 0 Å². The fraction of sp³-hybridized carbons (Fsp3) is 0.588. The summed E-state index contributed by atoms with van der Waals surface area (Å²) < 4.78 is 0. The van der Waals surface area contributed by atoms with E-state index in [0.29, 0.717) is 13.1 Å². The molecule has 0 saturated heterocycles. The molecule has 0 fully saturated rings. The smallest absolute Gasteiger partial charge is 0.239 e. The third-order valence-electron chi connectivity index (χ3n) is 3.77. The van der Waals surface area contributed by atoms with Crippen LogP contribution in [0.2, 0.25) is 0 Å². The van der Waals surface area contributed by atoms with E-state index in [9.17, 15) is 4.79 Å². The van der Waals surface area contributed by atoms with Crippen molar-refractivity contribution < 1.29 is 4.79 Å². The molecule has 0 spiro atoms. The normalized spacial score (nSPS) is 10.7. The maximum absolute atomic E-state index is 12.2. The van der Waals surface area contributed by atoms with Crippen LogP contribution in [0.15, 0.2) is 24.3 Å². The molecule has 4 nitrogen and oxygen atoms in total. The van der Waals surface area contributed by atoms with Crippen molar-refractivity contribution in [2.24, 2.45) is 5.73 Å². The Balaban J connectivity index is 2.74. The highest BCUT2D eigenvalue weighted by molar-refractivity contribution is 5.82. The highest BCUT2D eigenvalue weighted by Crippen LogP contribution is 2.19. The van der Waals surface area contributed by atoms with E-state index in [4.69, 9.17) is 5.73 Å². The van der Waals surface area contributed by atoms with Crippen LogP contribution in [0, 0.1) is 6.92 Å². The molecule has 21 heavy (non-hydrogen) atoms. The SMILES string of the molecule is CCC(CC)NC(=O)CN(CCCN)c1ccccc1C. The minimum atomic E-state index is 0.0870. The molecule has 0 bridgehead atoms. The van der Waals surface area contributed by atoms with Gasteiger partial charge in [-0.2, -0.15) is 0 Å². The fourth-order valence-electron chi connectivity index (χ4n) is 2.42. The molecule has 1 amide bonds. The molecule has 0 aliphatic carbocycles. The number of para-hydroxylation sites is 1. The minimum Gasteiger partial charge on any atom is -0.362 e.